The minimum atomic E-state index is 0.659. The van der Waals surface area contributed by atoms with Crippen molar-refractivity contribution >= 4 is 0 Å². The van der Waals surface area contributed by atoms with Crippen molar-refractivity contribution in [2.45, 2.75) is 46.2 Å². The van der Waals surface area contributed by atoms with E-state index in [4.69, 9.17) is 4.42 Å². The molecule has 0 bridgehead atoms. The van der Waals surface area contributed by atoms with Gasteiger partial charge in [-0.25, -0.2) is 0 Å². The molecule has 108 valence electrons. The average Bonchev–Trinajstić information content (AvgIpc) is 2.87. The van der Waals surface area contributed by atoms with Crippen LogP contribution in [0.25, 0.3) is 0 Å². The number of hydrogen-bond acceptors (Lipinski definition) is 3. The summed E-state index contributed by atoms with van der Waals surface area (Å²) in [4.78, 5) is 0. The Morgan fingerprint density at radius 2 is 2.10 bits per heavy atom. The summed E-state index contributed by atoms with van der Waals surface area (Å²) in [7, 11) is 1.99. The molecule has 1 fully saturated rings. The van der Waals surface area contributed by atoms with Gasteiger partial charge in [-0.15, -0.1) is 0 Å². The molecule has 4 nitrogen and oxygen atoms in total. The molecule has 1 N–H and O–H groups in total. The van der Waals surface area contributed by atoms with E-state index in [2.05, 4.69) is 43.3 Å². The zero-order valence-electron chi connectivity index (χ0n) is 12.7. The molecule has 0 aliphatic heterocycles. The molecule has 2 atom stereocenters. The highest BCUT2D eigenvalue weighted by molar-refractivity contribution is 5.24. The van der Waals surface area contributed by atoms with Crippen LogP contribution < -0.4 is 5.32 Å². The third kappa shape index (κ3) is 2.52. The van der Waals surface area contributed by atoms with E-state index in [0.717, 1.165) is 36.2 Å². The molecule has 0 radical (unpaired) electrons. The molecule has 2 aromatic rings. The Morgan fingerprint density at radius 1 is 1.35 bits per heavy atom. The minimum Gasteiger partial charge on any atom is -0.464 e. The van der Waals surface area contributed by atoms with Crippen molar-refractivity contribution in [3.8, 4) is 0 Å². The second-order valence-electron chi connectivity index (χ2n) is 6.00. The summed E-state index contributed by atoms with van der Waals surface area (Å²) in [6.45, 7) is 8.05. The summed E-state index contributed by atoms with van der Waals surface area (Å²) in [5, 5.41) is 7.88. The fourth-order valence-electron chi connectivity index (χ4n) is 2.79. The maximum Gasteiger partial charge on any atom is 0.117 e. The Balaban J connectivity index is 1.56. The molecular formula is C16H23N3O. The Bertz CT molecular complexity index is 611. The number of nitrogens with zero attached hydrogens (tertiary/aromatic N) is 2. The molecule has 0 spiro atoms. The van der Waals surface area contributed by atoms with Crippen molar-refractivity contribution in [2.75, 3.05) is 0 Å². The SMILES string of the molecule is Cc1nn(C)c(C)c1CNCc1ccc(C2CC2C)o1. The molecule has 1 aliphatic carbocycles. The van der Waals surface area contributed by atoms with E-state index in [-0.39, 0.29) is 0 Å². The summed E-state index contributed by atoms with van der Waals surface area (Å²) in [5.41, 5.74) is 3.61. The molecular weight excluding hydrogens is 250 g/mol. The predicted octanol–water partition coefficient (Wildman–Crippen LogP) is 3.04. The highest BCUT2D eigenvalue weighted by Crippen LogP contribution is 2.47. The van der Waals surface area contributed by atoms with Gasteiger partial charge in [0.25, 0.3) is 0 Å². The lowest BCUT2D eigenvalue weighted by Crippen LogP contribution is -2.13. The first-order valence-electron chi connectivity index (χ1n) is 7.34. The zero-order chi connectivity index (χ0) is 14.3. The van der Waals surface area contributed by atoms with Crippen molar-refractivity contribution in [1.29, 1.82) is 0 Å². The van der Waals surface area contributed by atoms with Crippen molar-refractivity contribution in [3.63, 3.8) is 0 Å². The van der Waals surface area contributed by atoms with E-state index in [9.17, 15) is 0 Å². The molecule has 1 aliphatic rings. The van der Waals surface area contributed by atoms with Gasteiger partial charge in [-0.1, -0.05) is 6.92 Å². The Hall–Kier alpha value is -1.55. The van der Waals surface area contributed by atoms with E-state index in [1.54, 1.807) is 0 Å². The normalized spacial score (nSPS) is 21.4. The van der Waals surface area contributed by atoms with Gasteiger partial charge in [-0.05, 0) is 38.3 Å². The molecule has 2 unspecified atom stereocenters. The van der Waals surface area contributed by atoms with Gasteiger partial charge in [0.15, 0.2) is 0 Å². The maximum atomic E-state index is 5.90. The fourth-order valence-corrected chi connectivity index (χ4v) is 2.79. The minimum absolute atomic E-state index is 0.659. The second-order valence-corrected chi connectivity index (χ2v) is 6.00. The van der Waals surface area contributed by atoms with Crippen LogP contribution in [-0.4, -0.2) is 9.78 Å². The van der Waals surface area contributed by atoms with E-state index in [1.165, 1.54) is 17.7 Å². The fraction of sp³-hybridized carbons (Fsp3) is 0.562. The van der Waals surface area contributed by atoms with Crippen LogP contribution in [0.1, 0.15) is 47.7 Å². The number of rotatable bonds is 5. The second kappa shape index (κ2) is 5.09. The smallest absolute Gasteiger partial charge is 0.117 e. The third-order valence-corrected chi connectivity index (χ3v) is 4.42. The lowest BCUT2D eigenvalue weighted by molar-refractivity contribution is 0.444. The van der Waals surface area contributed by atoms with Crippen LogP contribution in [0.3, 0.4) is 0 Å². The quantitative estimate of drug-likeness (QED) is 0.910. The van der Waals surface area contributed by atoms with Gasteiger partial charge >= 0.3 is 0 Å². The molecule has 2 heterocycles. The summed E-state index contributed by atoms with van der Waals surface area (Å²) < 4.78 is 7.83. The number of hydrogen-bond donors (Lipinski definition) is 1. The lowest BCUT2D eigenvalue weighted by Gasteiger charge is -2.04. The van der Waals surface area contributed by atoms with Gasteiger partial charge in [0.2, 0.25) is 0 Å². The highest BCUT2D eigenvalue weighted by Gasteiger charge is 2.36. The van der Waals surface area contributed by atoms with Crippen molar-refractivity contribution in [2.24, 2.45) is 13.0 Å². The van der Waals surface area contributed by atoms with Crippen LogP contribution in [0.5, 0.6) is 0 Å². The molecule has 0 saturated heterocycles. The average molecular weight is 273 g/mol. The molecule has 4 heteroatoms. The number of aromatic nitrogens is 2. The van der Waals surface area contributed by atoms with Gasteiger partial charge in [-0.2, -0.15) is 5.10 Å². The largest absolute Gasteiger partial charge is 0.464 e. The first kappa shape index (κ1) is 13.4. The van der Waals surface area contributed by atoms with Crippen LogP contribution in [-0.2, 0) is 20.1 Å². The van der Waals surface area contributed by atoms with Crippen LogP contribution >= 0.6 is 0 Å². The van der Waals surface area contributed by atoms with Gasteiger partial charge in [0, 0.05) is 30.8 Å². The highest BCUT2D eigenvalue weighted by atomic mass is 16.3. The van der Waals surface area contributed by atoms with E-state index >= 15 is 0 Å². The van der Waals surface area contributed by atoms with Crippen LogP contribution in [0.4, 0.5) is 0 Å². The molecule has 0 amide bonds. The number of furan rings is 1. The van der Waals surface area contributed by atoms with E-state index in [0.29, 0.717) is 5.92 Å². The van der Waals surface area contributed by atoms with Gasteiger partial charge in [-0.3, -0.25) is 4.68 Å². The van der Waals surface area contributed by atoms with Gasteiger partial charge in [0.1, 0.15) is 11.5 Å². The molecule has 20 heavy (non-hydrogen) atoms. The van der Waals surface area contributed by atoms with Crippen LogP contribution in [0, 0.1) is 19.8 Å². The molecule has 3 rings (SSSR count). The standard InChI is InChI=1S/C16H23N3O/c1-10-7-14(10)16-6-5-13(20-16)8-17-9-15-11(2)18-19(4)12(15)3/h5-6,10,14,17H,7-9H2,1-4H3. The van der Waals surface area contributed by atoms with Gasteiger partial charge < -0.3 is 9.73 Å². The first-order chi connectivity index (χ1) is 9.56. The summed E-state index contributed by atoms with van der Waals surface area (Å²) >= 11 is 0. The Kier molecular flexibility index (Phi) is 3.42. The summed E-state index contributed by atoms with van der Waals surface area (Å²) in [6, 6.07) is 4.22. The van der Waals surface area contributed by atoms with Crippen molar-refractivity contribution in [1.82, 2.24) is 15.1 Å². The van der Waals surface area contributed by atoms with E-state index < -0.39 is 0 Å². The third-order valence-electron chi connectivity index (χ3n) is 4.42. The number of nitrogens with one attached hydrogen (secondary N) is 1. The van der Waals surface area contributed by atoms with Crippen LogP contribution in [0.15, 0.2) is 16.5 Å². The summed E-state index contributed by atoms with van der Waals surface area (Å²) in [6.07, 6.45) is 1.27. The Morgan fingerprint density at radius 3 is 2.70 bits per heavy atom. The maximum absolute atomic E-state index is 5.90. The Labute approximate surface area is 120 Å². The predicted molar refractivity (Wildman–Crippen MR) is 78.5 cm³/mol. The summed E-state index contributed by atoms with van der Waals surface area (Å²) in [5.74, 6) is 3.63. The van der Waals surface area contributed by atoms with Crippen molar-refractivity contribution in [3.05, 3.63) is 40.6 Å². The number of aryl methyl sites for hydroxylation is 2. The van der Waals surface area contributed by atoms with E-state index in [1.807, 2.05) is 11.7 Å². The van der Waals surface area contributed by atoms with Crippen LogP contribution in [0.2, 0.25) is 0 Å². The topological polar surface area (TPSA) is 43.0 Å². The first-order valence-corrected chi connectivity index (χ1v) is 7.34. The molecule has 2 aromatic heterocycles. The molecule has 0 aromatic carbocycles. The monoisotopic (exact) mass is 273 g/mol. The molecule has 1 saturated carbocycles. The lowest BCUT2D eigenvalue weighted by atomic mass is 10.2. The van der Waals surface area contributed by atoms with Gasteiger partial charge in [0.05, 0.1) is 12.2 Å². The zero-order valence-corrected chi connectivity index (χ0v) is 12.7. The van der Waals surface area contributed by atoms with Crippen molar-refractivity contribution < 1.29 is 4.42 Å².